The van der Waals surface area contributed by atoms with Crippen LogP contribution in [0.15, 0.2) is 24.3 Å². The molecule has 0 heterocycles. The Morgan fingerprint density at radius 3 is 2.44 bits per heavy atom. The predicted octanol–water partition coefficient (Wildman–Crippen LogP) is 3.01. The van der Waals surface area contributed by atoms with Crippen LogP contribution in [0, 0.1) is 5.92 Å². The van der Waals surface area contributed by atoms with Gasteiger partial charge >= 0.3 is 12.0 Å². The number of carboxylic acids is 1. The molecule has 3 N–H and O–H groups in total. The van der Waals surface area contributed by atoms with Crippen LogP contribution >= 0.6 is 11.6 Å². The van der Waals surface area contributed by atoms with Crippen molar-refractivity contribution >= 4 is 23.6 Å². The summed E-state index contributed by atoms with van der Waals surface area (Å²) in [5, 5.41) is 15.5. The molecular formula is C18H25ClN2O4. The molecule has 1 aliphatic rings. The van der Waals surface area contributed by atoms with Gasteiger partial charge in [0.25, 0.3) is 0 Å². The van der Waals surface area contributed by atoms with Gasteiger partial charge in [0.2, 0.25) is 0 Å². The van der Waals surface area contributed by atoms with Crippen LogP contribution in [-0.4, -0.2) is 43.4 Å². The van der Waals surface area contributed by atoms with E-state index in [2.05, 4.69) is 10.6 Å². The number of urea groups is 1. The number of carbonyl (C=O) groups is 2. The lowest BCUT2D eigenvalue weighted by Gasteiger charge is -2.27. The van der Waals surface area contributed by atoms with Crippen molar-refractivity contribution in [3.63, 3.8) is 0 Å². The lowest BCUT2D eigenvalue weighted by atomic mass is 9.86. The molecule has 0 bridgehead atoms. The summed E-state index contributed by atoms with van der Waals surface area (Å²) in [5.41, 5.74) is 1.05. The van der Waals surface area contributed by atoms with Gasteiger partial charge in [-0.2, -0.15) is 0 Å². The summed E-state index contributed by atoms with van der Waals surface area (Å²) in [6, 6.07) is 7.30. The summed E-state index contributed by atoms with van der Waals surface area (Å²) in [4.78, 5) is 23.1. The summed E-state index contributed by atoms with van der Waals surface area (Å²) in [6.07, 6.45) is 2.61. The van der Waals surface area contributed by atoms with E-state index < -0.39 is 5.97 Å². The number of amides is 2. The molecule has 0 aliphatic heterocycles. The average Bonchev–Trinajstić information content (AvgIpc) is 2.60. The average molecular weight is 369 g/mol. The quantitative estimate of drug-likeness (QED) is 0.690. The molecule has 1 unspecified atom stereocenters. The Hall–Kier alpha value is -1.79. The first-order chi connectivity index (χ1) is 12.0. The molecule has 1 aromatic carbocycles. The highest BCUT2D eigenvalue weighted by molar-refractivity contribution is 6.30. The van der Waals surface area contributed by atoms with Crippen molar-refractivity contribution in [2.45, 2.75) is 37.6 Å². The summed E-state index contributed by atoms with van der Waals surface area (Å²) >= 11 is 5.91. The number of hydrogen-bond donors (Lipinski definition) is 3. The third kappa shape index (κ3) is 6.21. The van der Waals surface area contributed by atoms with Gasteiger partial charge in [0, 0.05) is 30.6 Å². The Balaban J connectivity index is 1.79. The van der Waals surface area contributed by atoms with Crippen LogP contribution in [-0.2, 0) is 9.53 Å². The van der Waals surface area contributed by atoms with E-state index in [4.69, 9.17) is 21.4 Å². The SMILES string of the molecule is COCC(CNC(=O)NC1CCC(C(=O)O)CC1)c1ccc(Cl)cc1. The van der Waals surface area contributed by atoms with Crippen LogP contribution in [0.25, 0.3) is 0 Å². The monoisotopic (exact) mass is 368 g/mol. The third-order valence-corrected chi connectivity index (χ3v) is 4.88. The van der Waals surface area contributed by atoms with Crippen LogP contribution in [0.2, 0.25) is 5.02 Å². The van der Waals surface area contributed by atoms with Gasteiger partial charge in [-0.15, -0.1) is 0 Å². The van der Waals surface area contributed by atoms with Gasteiger partial charge < -0.3 is 20.5 Å². The Bertz CT molecular complexity index is 571. The number of methoxy groups -OCH3 is 1. The standard InChI is InChI=1S/C18H25ClN2O4/c1-25-11-14(12-2-6-15(19)7-3-12)10-20-18(24)21-16-8-4-13(5-9-16)17(22)23/h2-3,6-7,13-14,16H,4-5,8-11H2,1H3,(H,22,23)(H2,20,21,24). The van der Waals surface area contributed by atoms with Crippen molar-refractivity contribution in [2.75, 3.05) is 20.3 Å². The van der Waals surface area contributed by atoms with Gasteiger partial charge in [-0.05, 0) is 43.4 Å². The topological polar surface area (TPSA) is 87.7 Å². The zero-order chi connectivity index (χ0) is 18.2. The number of hydrogen-bond acceptors (Lipinski definition) is 3. The fourth-order valence-electron chi connectivity index (χ4n) is 3.15. The van der Waals surface area contributed by atoms with Crippen LogP contribution in [0.4, 0.5) is 4.79 Å². The number of aliphatic carboxylic acids is 1. The number of halogens is 1. The molecule has 2 rings (SSSR count). The highest BCUT2D eigenvalue weighted by atomic mass is 35.5. The summed E-state index contributed by atoms with van der Waals surface area (Å²) < 4.78 is 5.24. The van der Waals surface area contributed by atoms with Crippen LogP contribution in [0.1, 0.15) is 37.2 Å². The van der Waals surface area contributed by atoms with Gasteiger partial charge in [0.15, 0.2) is 0 Å². The Kier molecular flexibility index (Phi) is 7.52. The Labute approximate surface area is 152 Å². The second-order valence-corrected chi connectivity index (χ2v) is 6.88. The number of carboxylic acid groups (broad SMARTS) is 1. The first kappa shape index (κ1) is 19.5. The van der Waals surface area contributed by atoms with E-state index in [0.29, 0.717) is 43.9 Å². The maximum absolute atomic E-state index is 12.1. The van der Waals surface area contributed by atoms with Crippen molar-refractivity contribution in [3.8, 4) is 0 Å². The number of nitrogens with one attached hydrogen (secondary N) is 2. The molecule has 1 fully saturated rings. The molecule has 1 saturated carbocycles. The minimum atomic E-state index is -0.742. The normalized spacial score (nSPS) is 21.4. The minimum absolute atomic E-state index is 0.0343. The maximum Gasteiger partial charge on any atom is 0.315 e. The second kappa shape index (κ2) is 9.63. The number of rotatable bonds is 7. The lowest BCUT2D eigenvalue weighted by Crippen LogP contribution is -2.45. The zero-order valence-electron chi connectivity index (χ0n) is 14.3. The van der Waals surface area contributed by atoms with Crippen LogP contribution in [0.3, 0.4) is 0 Å². The number of ether oxygens (including phenoxy) is 1. The smallest absolute Gasteiger partial charge is 0.315 e. The van der Waals surface area contributed by atoms with Gasteiger partial charge in [0.05, 0.1) is 12.5 Å². The predicted molar refractivity (Wildman–Crippen MR) is 96.0 cm³/mol. The van der Waals surface area contributed by atoms with Crippen molar-refractivity contribution < 1.29 is 19.4 Å². The van der Waals surface area contributed by atoms with Crippen molar-refractivity contribution in [1.82, 2.24) is 10.6 Å². The molecule has 138 valence electrons. The van der Waals surface area contributed by atoms with Crippen molar-refractivity contribution in [3.05, 3.63) is 34.9 Å². The van der Waals surface area contributed by atoms with Gasteiger partial charge in [-0.1, -0.05) is 23.7 Å². The molecule has 0 radical (unpaired) electrons. The molecule has 7 heteroatoms. The third-order valence-electron chi connectivity index (χ3n) is 4.63. The molecule has 1 aromatic rings. The van der Waals surface area contributed by atoms with Crippen molar-refractivity contribution in [2.24, 2.45) is 5.92 Å². The minimum Gasteiger partial charge on any atom is -0.481 e. The van der Waals surface area contributed by atoms with Crippen molar-refractivity contribution in [1.29, 1.82) is 0 Å². The zero-order valence-corrected chi connectivity index (χ0v) is 15.1. The van der Waals surface area contributed by atoms with E-state index in [0.717, 1.165) is 5.56 Å². The first-order valence-electron chi connectivity index (χ1n) is 8.51. The maximum atomic E-state index is 12.1. The number of carbonyl (C=O) groups excluding carboxylic acids is 1. The van der Waals surface area contributed by atoms with Gasteiger partial charge in [0.1, 0.15) is 0 Å². The second-order valence-electron chi connectivity index (χ2n) is 6.44. The molecule has 2 amide bonds. The summed E-state index contributed by atoms with van der Waals surface area (Å²) in [5.74, 6) is -0.985. The molecule has 25 heavy (non-hydrogen) atoms. The van der Waals surface area contributed by atoms with E-state index >= 15 is 0 Å². The summed E-state index contributed by atoms with van der Waals surface area (Å²) in [7, 11) is 1.63. The lowest BCUT2D eigenvalue weighted by molar-refractivity contribution is -0.142. The van der Waals surface area contributed by atoms with Crippen LogP contribution < -0.4 is 10.6 Å². The highest BCUT2D eigenvalue weighted by Crippen LogP contribution is 2.24. The van der Waals surface area contributed by atoms with E-state index in [-0.39, 0.29) is 23.9 Å². The van der Waals surface area contributed by atoms with Gasteiger partial charge in [-0.3, -0.25) is 4.79 Å². The molecule has 6 nitrogen and oxygen atoms in total. The summed E-state index contributed by atoms with van der Waals surface area (Å²) in [6.45, 7) is 0.942. The fraction of sp³-hybridized carbons (Fsp3) is 0.556. The Morgan fingerprint density at radius 2 is 1.88 bits per heavy atom. The Morgan fingerprint density at radius 1 is 1.24 bits per heavy atom. The molecular weight excluding hydrogens is 344 g/mol. The van der Waals surface area contributed by atoms with E-state index in [1.807, 2.05) is 24.3 Å². The largest absolute Gasteiger partial charge is 0.481 e. The van der Waals surface area contributed by atoms with E-state index in [1.165, 1.54) is 0 Å². The highest BCUT2D eigenvalue weighted by Gasteiger charge is 2.26. The van der Waals surface area contributed by atoms with E-state index in [1.54, 1.807) is 7.11 Å². The van der Waals surface area contributed by atoms with Gasteiger partial charge in [-0.25, -0.2) is 4.79 Å². The molecule has 0 spiro atoms. The number of benzene rings is 1. The first-order valence-corrected chi connectivity index (χ1v) is 8.89. The fourth-order valence-corrected chi connectivity index (χ4v) is 3.27. The molecule has 1 aliphatic carbocycles. The molecule has 0 saturated heterocycles. The molecule has 0 aromatic heterocycles. The van der Waals surface area contributed by atoms with E-state index in [9.17, 15) is 9.59 Å². The molecule has 1 atom stereocenters. The van der Waals surface area contributed by atoms with Crippen LogP contribution in [0.5, 0.6) is 0 Å².